The van der Waals surface area contributed by atoms with Crippen LogP contribution in [0, 0.1) is 6.92 Å². The Morgan fingerprint density at radius 1 is 0.560 bits per heavy atom. The predicted molar refractivity (Wildman–Crippen MR) is 106 cm³/mol. The van der Waals surface area contributed by atoms with E-state index in [0.29, 0.717) is 11.8 Å². The van der Waals surface area contributed by atoms with Crippen LogP contribution in [0.25, 0.3) is 12.2 Å². The lowest BCUT2D eigenvalue weighted by atomic mass is 9.81. The Morgan fingerprint density at radius 3 is 1.84 bits per heavy atom. The fourth-order valence-corrected chi connectivity index (χ4v) is 4.42. The largest absolute Gasteiger partial charge is 0.0720 e. The van der Waals surface area contributed by atoms with Gasteiger partial charge < -0.3 is 0 Å². The van der Waals surface area contributed by atoms with Gasteiger partial charge in [0, 0.05) is 11.8 Å². The van der Waals surface area contributed by atoms with Gasteiger partial charge in [-0.25, -0.2) is 0 Å². The van der Waals surface area contributed by atoms with Crippen LogP contribution < -0.4 is 0 Å². The lowest BCUT2D eigenvalue weighted by molar-refractivity contribution is 0.942. The molecule has 3 aromatic rings. The third kappa shape index (κ3) is 2.21. The minimum absolute atomic E-state index is 0.354. The Bertz CT molecular complexity index is 1020. The third-order valence-electron chi connectivity index (χ3n) is 5.60. The highest BCUT2D eigenvalue weighted by Crippen LogP contribution is 2.44. The molecule has 0 aromatic heterocycles. The molecule has 0 N–H and O–H groups in total. The lowest BCUT2D eigenvalue weighted by Gasteiger charge is -2.23. The highest BCUT2D eigenvalue weighted by Gasteiger charge is 2.27. The van der Waals surface area contributed by atoms with Gasteiger partial charge in [0.1, 0.15) is 0 Å². The van der Waals surface area contributed by atoms with Crippen LogP contribution in [-0.2, 0) is 0 Å². The third-order valence-corrected chi connectivity index (χ3v) is 5.60. The Hall–Kier alpha value is -2.86. The fraction of sp³-hybridized carbons (Fsp3) is 0.120. The van der Waals surface area contributed by atoms with E-state index in [-0.39, 0.29) is 0 Å². The standard InChI is InChI=1S/C25H20/c1-17-7-6-12-23(22-15-13-18-8-2-4-10-20(18)22)25(17)24-16-14-19-9-3-5-11-21(19)24/h2-16,22,24H,1H3. The molecule has 0 radical (unpaired) electrons. The SMILES string of the molecule is Cc1cccc(C2C=Cc3ccccc32)c1C1C=Cc2ccccc21. The monoisotopic (exact) mass is 320 g/mol. The first-order valence-electron chi connectivity index (χ1n) is 8.96. The summed E-state index contributed by atoms with van der Waals surface area (Å²) in [6.45, 7) is 2.25. The highest BCUT2D eigenvalue weighted by atomic mass is 14.3. The summed E-state index contributed by atoms with van der Waals surface area (Å²) in [6, 6.07) is 24.3. The van der Waals surface area contributed by atoms with Crippen LogP contribution in [0.2, 0.25) is 0 Å². The molecule has 120 valence electrons. The maximum atomic E-state index is 2.36. The van der Waals surface area contributed by atoms with Crippen LogP contribution in [-0.4, -0.2) is 0 Å². The molecule has 0 heterocycles. The number of fused-ring (bicyclic) bond motifs is 2. The van der Waals surface area contributed by atoms with Crippen LogP contribution in [0.15, 0.2) is 78.9 Å². The number of hydrogen-bond acceptors (Lipinski definition) is 0. The first-order chi connectivity index (χ1) is 12.3. The van der Waals surface area contributed by atoms with E-state index in [9.17, 15) is 0 Å². The molecule has 0 bridgehead atoms. The van der Waals surface area contributed by atoms with E-state index in [4.69, 9.17) is 0 Å². The summed E-state index contributed by atoms with van der Waals surface area (Å²) in [6.07, 6.45) is 9.26. The average molecular weight is 320 g/mol. The molecule has 2 aliphatic carbocycles. The van der Waals surface area contributed by atoms with E-state index in [0.717, 1.165) is 0 Å². The zero-order valence-corrected chi connectivity index (χ0v) is 14.3. The molecule has 2 unspecified atom stereocenters. The molecule has 2 atom stereocenters. The molecule has 2 aliphatic rings. The number of benzene rings is 3. The first kappa shape index (κ1) is 14.5. The van der Waals surface area contributed by atoms with Crippen LogP contribution in [0.3, 0.4) is 0 Å². The molecule has 0 saturated carbocycles. The molecule has 3 aromatic carbocycles. The number of rotatable bonds is 2. The first-order valence-corrected chi connectivity index (χ1v) is 8.96. The van der Waals surface area contributed by atoms with E-state index in [1.165, 1.54) is 38.9 Å². The molecule has 0 fully saturated rings. The summed E-state index contributed by atoms with van der Waals surface area (Å²) >= 11 is 0. The Morgan fingerprint density at radius 2 is 1.12 bits per heavy atom. The molecule has 5 rings (SSSR count). The number of hydrogen-bond donors (Lipinski definition) is 0. The van der Waals surface area contributed by atoms with Crippen molar-refractivity contribution in [1.29, 1.82) is 0 Å². The van der Waals surface area contributed by atoms with E-state index in [1.54, 1.807) is 0 Å². The summed E-state index contributed by atoms with van der Waals surface area (Å²) in [5.74, 6) is 0.709. The van der Waals surface area contributed by atoms with E-state index >= 15 is 0 Å². The van der Waals surface area contributed by atoms with Gasteiger partial charge in [-0.1, -0.05) is 91.0 Å². The van der Waals surface area contributed by atoms with Gasteiger partial charge in [0.15, 0.2) is 0 Å². The van der Waals surface area contributed by atoms with E-state index in [1.807, 2.05) is 0 Å². The second kappa shape index (κ2) is 5.60. The summed E-state index contributed by atoms with van der Waals surface area (Å²) in [5.41, 5.74) is 9.83. The molecule has 0 saturated heterocycles. The smallest absolute Gasteiger partial charge is 0.0284 e. The Labute approximate surface area is 149 Å². The van der Waals surface area contributed by atoms with Gasteiger partial charge in [0.2, 0.25) is 0 Å². The van der Waals surface area contributed by atoms with Crippen molar-refractivity contribution in [2.24, 2.45) is 0 Å². The molecule has 25 heavy (non-hydrogen) atoms. The molecule has 0 amide bonds. The average Bonchev–Trinajstić information content (AvgIpc) is 3.26. The zero-order chi connectivity index (χ0) is 16.8. The van der Waals surface area contributed by atoms with Gasteiger partial charge in [-0.3, -0.25) is 0 Å². The fourth-order valence-electron chi connectivity index (χ4n) is 4.42. The van der Waals surface area contributed by atoms with Crippen molar-refractivity contribution in [3.05, 3.63) is 118 Å². The summed E-state index contributed by atoms with van der Waals surface area (Å²) in [4.78, 5) is 0. The number of allylic oxidation sites excluding steroid dienone is 2. The van der Waals surface area contributed by atoms with Crippen molar-refractivity contribution in [1.82, 2.24) is 0 Å². The zero-order valence-electron chi connectivity index (χ0n) is 14.3. The second-order valence-corrected chi connectivity index (χ2v) is 7.01. The summed E-state index contributed by atoms with van der Waals surface area (Å²) < 4.78 is 0. The molecule has 0 aliphatic heterocycles. The highest BCUT2D eigenvalue weighted by molar-refractivity contribution is 5.70. The van der Waals surface area contributed by atoms with Gasteiger partial charge in [-0.2, -0.15) is 0 Å². The van der Waals surface area contributed by atoms with Gasteiger partial charge in [0.05, 0.1) is 0 Å². The molecular formula is C25H20. The quantitative estimate of drug-likeness (QED) is 0.519. The van der Waals surface area contributed by atoms with Crippen molar-refractivity contribution in [3.63, 3.8) is 0 Å². The van der Waals surface area contributed by atoms with Crippen LogP contribution in [0.5, 0.6) is 0 Å². The van der Waals surface area contributed by atoms with Crippen molar-refractivity contribution in [2.45, 2.75) is 18.8 Å². The predicted octanol–water partition coefficient (Wildman–Crippen LogP) is 6.31. The van der Waals surface area contributed by atoms with Crippen molar-refractivity contribution >= 4 is 12.2 Å². The maximum Gasteiger partial charge on any atom is 0.0284 e. The normalized spacial score (nSPS) is 19.9. The van der Waals surface area contributed by atoms with Crippen LogP contribution >= 0.6 is 0 Å². The van der Waals surface area contributed by atoms with Gasteiger partial charge >= 0.3 is 0 Å². The minimum Gasteiger partial charge on any atom is -0.0720 e. The van der Waals surface area contributed by atoms with Gasteiger partial charge in [0.25, 0.3) is 0 Å². The Balaban J connectivity index is 1.69. The minimum atomic E-state index is 0.354. The number of aryl methyl sites for hydroxylation is 1. The van der Waals surface area contributed by atoms with Crippen LogP contribution in [0.1, 0.15) is 50.8 Å². The van der Waals surface area contributed by atoms with E-state index < -0.39 is 0 Å². The van der Waals surface area contributed by atoms with Crippen LogP contribution in [0.4, 0.5) is 0 Å². The Kier molecular flexibility index (Phi) is 3.24. The topological polar surface area (TPSA) is 0 Å². The van der Waals surface area contributed by atoms with Crippen molar-refractivity contribution in [3.8, 4) is 0 Å². The summed E-state index contributed by atoms with van der Waals surface area (Å²) in [5, 5.41) is 0. The summed E-state index contributed by atoms with van der Waals surface area (Å²) in [7, 11) is 0. The molecule has 0 spiro atoms. The van der Waals surface area contributed by atoms with E-state index in [2.05, 4.69) is 98.0 Å². The molecule has 0 heteroatoms. The van der Waals surface area contributed by atoms with Crippen molar-refractivity contribution < 1.29 is 0 Å². The van der Waals surface area contributed by atoms with Crippen molar-refractivity contribution in [2.75, 3.05) is 0 Å². The molecular weight excluding hydrogens is 300 g/mol. The lowest BCUT2D eigenvalue weighted by Crippen LogP contribution is -2.07. The second-order valence-electron chi connectivity index (χ2n) is 7.01. The maximum absolute atomic E-state index is 2.36. The van der Waals surface area contributed by atoms with Gasteiger partial charge in [-0.05, 0) is 45.9 Å². The molecule has 0 nitrogen and oxygen atoms in total. The van der Waals surface area contributed by atoms with Gasteiger partial charge in [-0.15, -0.1) is 0 Å².